The van der Waals surface area contributed by atoms with Gasteiger partial charge in [-0.05, 0) is 30.5 Å². The van der Waals surface area contributed by atoms with Gasteiger partial charge in [-0.25, -0.2) is 0 Å². The van der Waals surface area contributed by atoms with Gasteiger partial charge < -0.3 is 14.8 Å². The molecular formula is C21H22N4O3. The number of nitrogens with one attached hydrogen (secondary N) is 1. The number of hydrogen-bond donors (Lipinski definition) is 1. The number of carbonyl (C=O) groups is 1. The Morgan fingerprint density at radius 1 is 1.18 bits per heavy atom. The molecule has 1 fully saturated rings. The van der Waals surface area contributed by atoms with Crippen molar-refractivity contribution in [3.05, 3.63) is 69.9 Å². The minimum absolute atomic E-state index is 0.0291. The predicted octanol–water partition coefficient (Wildman–Crippen LogP) is 3.95. The number of aromatic amines is 1. The highest BCUT2D eigenvalue weighted by Gasteiger charge is 2.21. The number of H-pyrrole nitrogens is 1. The summed E-state index contributed by atoms with van der Waals surface area (Å²) >= 11 is 0. The first-order valence-corrected chi connectivity index (χ1v) is 9.39. The van der Waals surface area contributed by atoms with Crippen molar-refractivity contribution >= 4 is 28.2 Å². The molecule has 4 rings (SSSR count). The standard InChI is InChI=1S/C21H22N4O3/c1-23(14-16-7-2-3-9-18(16)24-11-4-5-12-24)21(26)17-13-15-8-6-10-19(25(27)28)20(15)22-17/h2-3,6-10,13,22H,4-5,11-12,14H2,1H3. The maximum absolute atomic E-state index is 12.9. The van der Waals surface area contributed by atoms with E-state index in [1.807, 2.05) is 18.2 Å². The van der Waals surface area contributed by atoms with Crippen molar-refractivity contribution in [3.8, 4) is 0 Å². The van der Waals surface area contributed by atoms with Gasteiger partial charge in [-0.15, -0.1) is 0 Å². The summed E-state index contributed by atoms with van der Waals surface area (Å²) in [6.45, 7) is 2.56. The number of nitro groups is 1. The molecule has 7 heteroatoms. The number of benzene rings is 2. The van der Waals surface area contributed by atoms with Crippen LogP contribution in [0.4, 0.5) is 11.4 Å². The molecule has 2 aromatic carbocycles. The van der Waals surface area contributed by atoms with E-state index in [1.54, 1.807) is 30.1 Å². The van der Waals surface area contributed by atoms with Crippen LogP contribution in [-0.2, 0) is 6.54 Å². The van der Waals surface area contributed by atoms with Gasteiger partial charge in [0.05, 0.1) is 4.92 Å². The number of hydrogen-bond acceptors (Lipinski definition) is 4. The molecule has 144 valence electrons. The lowest BCUT2D eigenvalue weighted by molar-refractivity contribution is -0.383. The number of anilines is 1. The third-order valence-electron chi connectivity index (χ3n) is 5.25. The number of aromatic nitrogens is 1. The second-order valence-electron chi connectivity index (χ2n) is 7.17. The first-order valence-electron chi connectivity index (χ1n) is 9.39. The molecule has 0 saturated carbocycles. The van der Waals surface area contributed by atoms with E-state index in [2.05, 4.69) is 16.0 Å². The molecule has 0 atom stereocenters. The summed E-state index contributed by atoms with van der Waals surface area (Å²) in [6, 6.07) is 14.7. The Morgan fingerprint density at radius 2 is 1.93 bits per heavy atom. The van der Waals surface area contributed by atoms with E-state index in [1.165, 1.54) is 24.6 Å². The van der Waals surface area contributed by atoms with Crippen LogP contribution in [0.3, 0.4) is 0 Å². The van der Waals surface area contributed by atoms with E-state index in [0.29, 0.717) is 23.1 Å². The predicted molar refractivity (Wildman–Crippen MR) is 109 cm³/mol. The van der Waals surface area contributed by atoms with E-state index in [4.69, 9.17) is 0 Å². The fourth-order valence-electron chi connectivity index (χ4n) is 3.85. The van der Waals surface area contributed by atoms with Crippen molar-refractivity contribution in [2.45, 2.75) is 19.4 Å². The van der Waals surface area contributed by atoms with Crippen molar-refractivity contribution < 1.29 is 9.72 Å². The van der Waals surface area contributed by atoms with Gasteiger partial charge in [-0.1, -0.05) is 30.3 Å². The van der Waals surface area contributed by atoms with Gasteiger partial charge in [0, 0.05) is 43.8 Å². The largest absolute Gasteiger partial charge is 0.371 e. The van der Waals surface area contributed by atoms with Gasteiger partial charge in [0.25, 0.3) is 11.6 Å². The summed E-state index contributed by atoms with van der Waals surface area (Å²) in [7, 11) is 1.75. The number of fused-ring (bicyclic) bond motifs is 1. The molecule has 1 aliphatic heterocycles. The molecular weight excluding hydrogens is 356 g/mol. The third-order valence-corrected chi connectivity index (χ3v) is 5.25. The average Bonchev–Trinajstić information content (AvgIpc) is 3.37. The fraction of sp³-hybridized carbons (Fsp3) is 0.286. The Kier molecular flexibility index (Phi) is 4.73. The summed E-state index contributed by atoms with van der Waals surface area (Å²) in [5.41, 5.74) is 2.97. The SMILES string of the molecule is CN(Cc1ccccc1N1CCCC1)C(=O)c1cc2cccc([N+](=O)[O-])c2[nH]1. The Balaban J connectivity index is 1.59. The number of carbonyl (C=O) groups excluding carboxylic acids is 1. The number of nitrogens with zero attached hydrogens (tertiary/aromatic N) is 3. The van der Waals surface area contributed by atoms with E-state index in [0.717, 1.165) is 18.7 Å². The summed E-state index contributed by atoms with van der Waals surface area (Å²) < 4.78 is 0. The van der Waals surface area contributed by atoms with E-state index in [-0.39, 0.29) is 11.6 Å². The van der Waals surface area contributed by atoms with Gasteiger partial charge in [0.1, 0.15) is 11.2 Å². The molecule has 0 spiro atoms. The first kappa shape index (κ1) is 18.0. The second kappa shape index (κ2) is 7.34. The lowest BCUT2D eigenvalue weighted by atomic mass is 10.1. The van der Waals surface area contributed by atoms with Crippen LogP contribution in [0, 0.1) is 10.1 Å². The molecule has 1 N–H and O–H groups in total. The van der Waals surface area contributed by atoms with Gasteiger partial charge in [-0.3, -0.25) is 14.9 Å². The second-order valence-corrected chi connectivity index (χ2v) is 7.17. The first-order chi connectivity index (χ1) is 13.5. The van der Waals surface area contributed by atoms with Crippen LogP contribution in [0.2, 0.25) is 0 Å². The highest BCUT2D eigenvalue weighted by Crippen LogP contribution is 2.28. The molecule has 0 unspecified atom stereocenters. The quantitative estimate of drug-likeness (QED) is 0.538. The number of nitro benzene ring substituents is 1. The number of non-ortho nitro benzene ring substituents is 1. The number of amides is 1. The zero-order chi connectivity index (χ0) is 19.7. The molecule has 2 heterocycles. The molecule has 1 aromatic heterocycles. The molecule has 1 amide bonds. The third kappa shape index (κ3) is 3.31. The average molecular weight is 378 g/mol. The highest BCUT2D eigenvalue weighted by molar-refractivity contribution is 6.00. The lowest BCUT2D eigenvalue weighted by Gasteiger charge is -2.24. The Bertz CT molecular complexity index is 1040. The minimum atomic E-state index is -0.441. The van der Waals surface area contributed by atoms with Gasteiger partial charge in [0.15, 0.2) is 0 Å². The van der Waals surface area contributed by atoms with Crippen molar-refractivity contribution in [2.24, 2.45) is 0 Å². The van der Waals surface area contributed by atoms with Crippen LogP contribution in [0.5, 0.6) is 0 Å². The maximum atomic E-state index is 12.9. The molecule has 0 radical (unpaired) electrons. The Labute approximate surface area is 162 Å². The topological polar surface area (TPSA) is 82.5 Å². The number of para-hydroxylation sites is 2. The molecule has 7 nitrogen and oxygen atoms in total. The summed E-state index contributed by atoms with van der Waals surface area (Å²) in [4.78, 5) is 30.7. The van der Waals surface area contributed by atoms with E-state index < -0.39 is 4.92 Å². The summed E-state index contributed by atoms with van der Waals surface area (Å²) in [5, 5.41) is 11.9. The summed E-state index contributed by atoms with van der Waals surface area (Å²) in [6.07, 6.45) is 2.38. The van der Waals surface area contributed by atoms with Gasteiger partial charge >= 0.3 is 0 Å². The van der Waals surface area contributed by atoms with Crippen molar-refractivity contribution in [3.63, 3.8) is 0 Å². The molecule has 1 aliphatic rings. The molecule has 3 aromatic rings. The lowest BCUT2D eigenvalue weighted by Crippen LogP contribution is -2.28. The van der Waals surface area contributed by atoms with Crippen LogP contribution in [-0.4, -0.2) is 40.9 Å². The smallest absolute Gasteiger partial charge is 0.293 e. The molecule has 0 bridgehead atoms. The summed E-state index contributed by atoms with van der Waals surface area (Å²) in [5.74, 6) is -0.193. The van der Waals surface area contributed by atoms with Gasteiger partial charge in [0.2, 0.25) is 0 Å². The van der Waals surface area contributed by atoms with E-state index >= 15 is 0 Å². The van der Waals surface area contributed by atoms with Crippen LogP contribution < -0.4 is 4.90 Å². The highest BCUT2D eigenvalue weighted by atomic mass is 16.6. The minimum Gasteiger partial charge on any atom is -0.371 e. The zero-order valence-corrected chi connectivity index (χ0v) is 15.7. The van der Waals surface area contributed by atoms with Crippen molar-refractivity contribution in [1.82, 2.24) is 9.88 Å². The van der Waals surface area contributed by atoms with Crippen molar-refractivity contribution in [1.29, 1.82) is 0 Å². The monoisotopic (exact) mass is 378 g/mol. The van der Waals surface area contributed by atoms with Crippen LogP contribution in [0.25, 0.3) is 10.9 Å². The molecule has 0 aliphatic carbocycles. The zero-order valence-electron chi connectivity index (χ0n) is 15.7. The molecule has 28 heavy (non-hydrogen) atoms. The number of rotatable bonds is 5. The van der Waals surface area contributed by atoms with Crippen molar-refractivity contribution in [2.75, 3.05) is 25.0 Å². The molecule has 1 saturated heterocycles. The van der Waals surface area contributed by atoms with Crippen LogP contribution >= 0.6 is 0 Å². The Hall–Kier alpha value is -3.35. The maximum Gasteiger partial charge on any atom is 0.293 e. The normalized spacial score (nSPS) is 13.8. The van der Waals surface area contributed by atoms with E-state index in [9.17, 15) is 14.9 Å². The fourth-order valence-corrected chi connectivity index (χ4v) is 3.85. The van der Waals surface area contributed by atoms with Crippen LogP contribution in [0.15, 0.2) is 48.5 Å². The van der Waals surface area contributed by atoms with Crippen LogP contribution in [0.1, 0.15) is 28.9 Å². The Morgan fingerprint density at radius 3 is 2.68 bits per heavy atom. The van der Waals surface area contributed by atoms with Gasteiger partial charge in [-0.2, -0.15) is 0 Å².